The van der Waals surface area contributed by atoms with Gasteiger partial charge in [-0.15, -0.1) is 10.2 Å². The Hall–Kier alpha value is -0.290. The smallest absolute Gasteiger partial charge is 0.203 e. The van der Waals surface area contributed by atoms with Crippen molar-refractivity contribution >= 4 is 28.2 Å². The van der Waals surface area contributed by atoms with E-state index in [9.17, 15) is 0 Å². The minimum Gasteiger partial charge on any atom is -0.374 e. The Kier molecular flexibility index (Phi) is 3.14. The molecule has 0 saturated carbocycles. The molecule has 0 fully saturated rings. The van der Waals surface area contributed by atoms with E-state index in [4.69, 9.17) is 5.73 Å². The van der Waals surface area contributed by atoms with Crippen LogP contribution in [0.5, 0.6) is 0 Å². The van der Waals surface area contributed by atoms with Crippen molar-refractivity contribution in [1.82, 2.24) is 10.2 Å². The molecule has 0 aromatic carbocycles. The van der Waals surface area contributed by atoms with Crippen molar-refractivity contribution in [3.63, 3.8) is 0 Å². The Morgan fingerprint density at radius 2 is 2.36 bits per heavy atom. The zero-order valence-electron chi connectivity index (χ0n) is 6.57. The Morgan fingerprint density at radius 3 is 2.82 bits per heavy atom. The number of rotatable bonds is 3. The molecule has 0 unspecified atom stereocenters. The van der Waals surface area contributed by atoms with Gasteiger partial charge in [0, 0.05) is 5.25 Å². The van der Waals surface area contributed by atoms with Gasteiger partial charge < -0.3 is 5.73 Å². The maximum atomic E-state index is 5.43. The highest BCUT2D eigenvalue weighted by atomic mass is 32.2. The Labute approximate surface area is 74.4 Å². The first-order valence-corrected chi connectivity index (χ1v) is 5.17. The number of nitrogens with two attached hydrogens (primary N) is 1. The van der Waals surface area contributed by atoms with Crippen molar-refractivity contribution in [1.29, 1.82) is 0 Å². The summed E-state index contributed by atoms with van der Waals surface area (Å²) in [4.78, 5) is 0. The lowest BCUT2D eigenvalue weighted by molar-refractivity contribution is 0.900. The van der Waals surface area contributed by atoms with Crippen LogP contribution in [-0.2, 0) is 0 Å². The lowest BCUT2D eigenvalue weighted by Gasteiger charge is -2.01. The quantitative estimate of drug-likeness (QED) is 0.739. The third-order valence-corrected chi connectivity index (χ3v) is 3.40. The van der Waals surface area contributed by atoms with Gasteiger partial charge in [0.25, 0.3) is 0 Å². The number of thioether (sulfide) groups is 1. The fraction of sp³-hybridized carbons (Fsp3) is 0.667. The molecule has 11 heavy (non-hydrogen) atoms. The van der Waals surface area contributed by atoms with Gasteiger partial charge in [0.05, 0.1) is 0 Å². The normalized spacial score (nSPS) is 13.3. The van der Waals surface area contributed by atoms with E-state index >= 15 is 0 Å². The summed E-state index contributed by atoms with van der Waals surface area (Å²) in [5.74, 6) is 0. The van der Waals surface area contributed by atoms with Gasteiger partial charge in [-0.1, -0.05) is 36.9 Å². The van der Waals surface area contributed by atoms with Crippen LogP contribution in [0.1, 0.15) is 20.3 Å². The molecule has 0 spiro atoms. The molecule has 0 bridgehead atoms. The molecular weight excluding hydrogens is 178 g/mol. The van der Waals surface area contributed by atoms with Crippen molar-refractivity contribution in [3.8, 4) is 0 Å². The number of aromatic nitrogens is 2. The minimum absolute atomic E-state index is 0.552. The van der Waals surface area contributed by atoms with Crippen molar-refractivity contribution in [2.45, 2.75) is 29.9 Å². The summed E-state index contributed by atoms with van der Waals surface area (Å²) >= 11 is 3.18. The van der Waals surface area contributed by atoms with Gasteiger partial charge >= 0.3 is 0 Å². The largest absolute Gasteiger partial charge is 0.374 e. The molecule has 0 radical (unpaired) electrons. The molecule has 0 aliphatic rings. The molecule has 3 nitrogen and oxygen atoms in total. The van der Waals surface area contributed by atoms with Gasteiger partial charge in [-0.05, 0) is 6.42 Å². The first-order valence-electron chi connectivity index (χ1n) is 3.48. The van der Waals surface area contributed by atoms with Crippen LogP contribution < -0.4 is 5.73 Å². The van der Waals surface area contributed by atoms with Gasteiger partial charge in [0.15, 0.2) is 4.34 Å². The molecule has 0 aliphatic carbocycles. The van der Waals surface area contributed by atoms with Crippen LogP contribution in [0, 0.1) is 0 Å². The second-order valence-corrected chi connectivity index (χ2v) is 4.94. The summed E-state index contributed by atoms with van der Waals surface area (Å²) in [6, 6.07) is 0. The van der Waals surface area contributed by atoms with Crippen LogP contribution in [0.15, 0.2) is 4.34 Å². The zero-order valence-corrected chi connectivity index (χ0v) is 8.21. The molecule has 5 heteroatoms. The van der Waals surface area contributed by atoms with E-state index in [2.05, 4.69) is 24.0 Å². The van der Waals surface area contributed by atoms with Crippen molar-refractivity contribution < 1.29 is 0 Å². The maximum absolute atomic E-state index is 5.43. The van der Waals surface area contributed by atoms with Crippen LogP contribution in [0.2, 0.25) is 0 Å². The standard InChI is InChI=1S/C6H11N3S2/c1-3-4(2)10-6-9-8-5(7)11-6/h4H,3H2,1-2H3,(H2,7,8)/t4-/m1/s1. The summed E-state index contributed by atoms with van der Waals surface area (Å²) in [6.45, 7) is 4.32. The number of nitrogens with zero attached hydrogens (tertiary/aromatic N) is 2. The predicted molar refractivity (Wildman–Crippen MR) is 49.9 cm³/mol. The lowest BCUT2D eigenvalue weighted by Crippen LogP contribution is -1.90. The third-order valence-electron chi connectivity index (χ3n) is 1.30. The van der Waals surface area contributed by atoms with E-state index in [1.165, 1.54) is 11.3 Å². The van der Waals surface area contributed by atoms with E-state index in [-0.39, 0.29) is 0 Å². The second kappa shape index (κ2) is 3.92. The molecule has 2 N–H and O–H groups in total. The zero-order chi connectivity index (χ0) is 8.27. The first-order chi connectivity index (χ1) is 5.22. The molecule has 1 aromatic rings. The van der Waals surface area contributed by atoms with E-state index in [0.717, 1.165) is 10.8 Å². The van der Waals surface area contributed by atoms with Gasteiger partial charge in [0.2, 0.25) is 5.13 Å². The summed E-state index contributed by atoms with van der Waals surface area (Å²) in [5.41, 5.74) is 5.43. The fourth-order valence-electron chi connectivity index (χ4n) is 0.523. The molecule has 62 valence electrons. The third kappa shape index (κ3) is 2.67. The minimum atomic E-state index is 0.552. The van der Waals surface area contributed by atoms with E-state index < -0.39 is 0 Å². The highest BCUT2D eigenvalue weighted by molar-refractivity contribution is 8.01. The summed E-state index contributed by atoms with van der Waals surface area (Å²) in [7, 11) is 0. The Morgan fingerprint density at radius 1 is 1.64 bits per heavy atom. The van der Waals surface area contributed by atoms with Crippen LogP contribution >= 0.6 is 23.1 Å². The molecule has 0 aliphatic heterocycles. The van der Waals surface area contributed by atoms with Crippen molar-refractivity contribution in [2.24, 2.45) is 0 Å². The number of nitrogen functional groups attached to an aromatic ring is 1. The number of anilines is 1. The first kappa shape index (κ1) is 8.80. The fourth-order valence-corrected chi connectivity index (χ4v) is 2.41. The molecule has 1 aromatic heterocycles. The van der Waals surface area contributed by atoms with Gasteiger partial charge in [-0.2, -0.15) is 0 Å². The SMILES string of the molecule is CC[C@@H](C)Sc1nnc(N)s1. The summed E-state index contributed by atoms with van der Waals surface area (Å²) in [5, 5.41) is 8.79. The van der Waals surface area contributed by atoms with Crippen molar-refractivity contribution in [3.05, 3.63) is 0 Å². The molecule has 1 atom stereocenters. The molecule has 0 amide bonds. The van der Waals surface area contributed by atoms with Crippen LogP contribution in [0.4, 0.5) is 5.13 Å². The Bertz CT molecular complexity index is 223. The van der Waals surface area contributed by atoms with Crippen molar-refractivity contribution in [2.75, 3.05) is 5.73 Å². The molecule has 1 rings (SSSR count). The van der Waals surface area contributed by atoms with Gasteiger partial charge in [-0.3, -0.25) is 0 Å². The topological polar surface area (TPSA) is 51.8 Å². The highest BCUT2D eigenvalue weighted by Gasteiger charge is 2.05. The van der Waals surface area contributed by atoms with E-state index in [0.29, 0.717) is 10.4 Å². The van der Waals surface area contributed by atoms with Gasteiger partial charge in [-0.25, -0.2) is 0 Å². The molecule has 1 heterocycles. The predicted octanol–water partition coefficient (Wildman–Crippen LogP) is 2.01. The number of hydrogen-bond donors (Lipinski definition) is 1. The lowest BCUT2D eigenvalue weighted by atomic mass is 10.4. The summed E-state index contributed by atoms with van der Waals surface area (Å²) < 4.78 is 0.969. The Balaban J connectivity index is 2.50. The van der Waals surface area contributed by atoms with Crippen LogP contribution in [-0.4, -0.2) is 15.4 Å². The average Bonchev–Trinajstić information content (AvgIpc) is 2.35. The monoisotopic (exact) mass is 189 g/mol. The molecule has 0 saturated heterocycles. The van der Waals surface area contributed by atoms with Crippen LogP contribution in [0.25, 0.3) is 0 Å². The maximum Gasteiger partial charge on any atom is 0.203 e. The average molecular weight is 189 g/mol. The summed E-state index contributed by atoms with van der Waals surface area (Å²) in [6.07, 6.45) is 1.14. The van der Waals surface area contributed by atoms with E-state index in [1.54, 1.807) is 11.8 Å². The van der Waals surface area contributed by atoms with E-state index in [1.807, 2.05) is 0 Å². The second-order valence-electron chi connectivity index (χ2n) is 2.24. The van der Waals surface area contributed by atoms with Gasteiger partial charge in [0.1, 0.15) is 0 Å². The highest BCUT2D eigenvalue weighted by Crippen LogP contribution is 2.28. The number of hydrogen-bond acceptors (Lipinski definition) is 5. The van der Waals surface area contributed by atoms with Crippen LogP contribution in [0.3, 0.4) is 0 Å². The molecular formula is C6H11N3S2.